The lowest BCUT2D eigenvalue weighted by atomic mass is 9.96. The Kier molecular flexibility index (Phi) is 5.82. The fourth-order valence-electron chi connectivity index (χ4n) is 2.66. The molecule has 1 fully saturated rings. The lowest BCUT2D eigenvalue weighted by Crippen LogP contribution is -2.38. The number of nitrogens with one attached hydrogen (secondary N) is 1. The van der Waals surface area contributed by atoms with Crippen LogP contribution in [0.4, 0.5) is 4.39 Å². The van der Waals surface area contributed by atoms with Gasteiger partial charge in [-0.15, -0.1) is 0 Å². The molecule has 1 N–H and O–H groups in total. The molecule has 1 aliphatic heterocycles. The van der Waals surface area contributed by atoms with Gasteiger partial charge in [-0.2, -0.15) is 0 Å². The van der Waals surface area contributed by atoms with Crippen molar-refractivity contribution in [1.82, 2.24) is 10.2 Å². The molecule has 112 valence electrons. The van der Waals surface area contributed by atoms with Crippen LogP contribution >= 0.6 is 11.6 Å². The molecule has 2 rings (SSSR count). The Balaban J connectivity index is 1.81. The fourth-order valence-corrected chi connectivity index (χ4v) is 2.86. The maximum atomic E-state index is 13.9. The molecule has 0 spiro atoms. The molecule has 0 amide bonds. The maximum absolute atomic E-state index is 13.9. The highest BCUT2D eigenvalue weighted by atomic mass is 35.5. The molecule has 0 unspecified atom stereocenters. The van der Waals surface area contributed by atoms with Gasteiger partial charge in [-0.1, -0.05) is 37.6 Å². The highest BCUT2D eigenvalue weighted by Crippen LogP contribution is 2.22. The molecule has 0 aliphatic carbocycles. The quantitative estimate of drug-likeness (QED) is 0.892. The standard InChI is InChI=1S/C16H24ClFN2/c1-12(2)19-10-13-6-8-20(9-7-13)11-14-4-3-5-15(17)16(14)18/h3-5,12-13,19H,6-11H2,1-2H3. The van der Waals surface area contributed by atoms with E-state index in [4.69, 9.17) is 11.6 Å². The summed E-state index contributed by atoms with van der Waals surface area (Å²) in [5.41, 5.74) is 0.705. The van der Waals surface area contributed by atoms with Gasteiger partial charge in [-0.25, -0.2) is 4.39 Å². The van der Waals surface area contributed by atoms with Crippen LogP contribution in [0.2, 0.25) is 5.02 Å². The van der Waals surface area contributed by atoms with Gasteiger partial charge in [0.2, 0.25) is 0 Å². The molecule has 0 radical (unpaired) electrons. The predicted molar refractivity (Wildman–Crippen MR) is 82.5 cm³/mol. The summed E-state index contributed by atoms with van der Waals surface area (Å²) in [7, 11) is 0. The van der Waals surface area contributed by atoms with E-state index < -0.39 is 0 Å². The number of hydrogen-bond acceptors (Lipinski definition) is 2. The van der Waals surface area contributed by atoms with Gasteiger partial charge in [-0.05, 0) is 44.5 Å². The number of benzene rings is 1. The molecular formula is C16H24ClFN2. The third kappa shape index (κ3) is 4.44. The molecule has 1 saturated heterocycles. The molecule has 2 nitrogen and oxygen atoms in total. The van der Waals surface area contributed by atoms with E-state index in [2.05, 4.69) is 24.1 Å². The van der Waals surface area contributed by atoms with Crippen molar-refractivity contribution in [3.63, 3.8) is 0 Å². The first kappa shape index (κ1) is 15.7. The van der Waals surface area contributed by atoms with Crippen LogP contribution < -0.4 is 5.32 Å². The number of piperidine rings is 1. The van der Waals surface area contributed by atoms with Gasteiger partial charge in [-0.3, -0.25) is 4.90 Å². The molecule has 1 aromatic carbocycles. The zero-order valence-corrected chi connectivity index (χ0v) is 13.1. The molecule has 1 aromatic rings. The molecular weight excluding hydrogens is 275 g/mol. The molecule has 1 aliphatic rings. The van der Waals surface area contributed by atoms with Gasteiger partial charge in [0.25, 0.3) is 0 Å². The predicted octanol–water partition coefficient (Wildman–Crippen LogP) is 3.69. The number of halogens is 2. The van der Waals surface area contributed by atoms with Gasteiger partial charge in [0.1, 0.15) is 5.82 Å². The minimum absolute atomic E-state index is 0.221. The van der Waals surface area contributed by atoms with E-state index in [9.17, 15) is 4.39 Å². The number of nitrogens with zero attached hydrogens (tertiary/aromatic N) is 1. The first-order valence-electron chi connectivity index (χ1n) is 7.45. The Morgan fingerprint density at radius 2 is 2.05 bits per heavy atom. The minimum atomic E-state index is -0.266. The van der Waals surface area contributed by atoms with Crippen LogP contribution in [0.25, 0.3) is 0 Å². The molecule has 0 atom stereocenters. The summed E-state index contributed by atoms with van der Waals surface area (Å²) < 4.78 is 13.9. The Morgan fingerprint density at radius 3 is 2.70 bits per heavy atom. The Labute approximate surface area is 126 Å². The SMILES string of the molecule is CC(C)NCC1CCN(Cc2cccc(Cl)c2F)CC1. The van der Waals surface area contributed by atoms with E-state index in [1.165, 1.54) is 12.8 Å². The molecule has 0 bridgehead atoms. The van der Waals surface area contributed by atoms with Crippen molar-refractivity contribution in [2.45, 2.75) is 39.3 Å². The van der Waals surface area contributed by atoms with Gasteiger partial charge in [0.05, 0.1) is 5.02 Å². The van der Waals surface area contributed by atoms with Gasteiger partial charge < -0.3 is 5.32 Å². The van der Waals surface area contributed by atoms with Crippen molar-refractivity contribution in [2.75, 3.05) is 19.6 Å². The summed E-state index contributed by atoms with van der Waals surface area (Å²) in [6.45, 7) is 8.19. The van der Waals surface area contributed by atoms with E-state index >= 15 is 0 Å². The van der Waals surface area contributed by atoms with Crippen LogP contribution in [0.15, 0.2) is 18.2 Å². The summed E-state index contributed by atoms with van der Waals surface area (Å²) >= 11 is 5.82. The van der Waals surface area contributed by atoms with Crippen LogP contribution in [-0.2, 0) is 6.54 Å². The minimum Gasteiger partial charge on any atom is -0.314 e. The van der Waals surface area contributed by atoms with Crippen molar-refractivity contribution in [3.8, 4) is 0 Å². The van der Waals surface area contributed by atoms with Crippen LogP contribution in [-0.4, -0.2) is 30.6 Å². The van der Waals surface area contributed by atoms with Crippen molar-refractivity contribution < 1.29 is 4.39 Å². The molecule has 4 heteroatoms. The van der Waals surface area contributed by atoms with E-state index in [1.54, 1.807) is 6.07 Å². The topological polar surface area (TPSA) is 15.3 Å². The maximum Gasteiger partial charge on any atom is 0.146 e. The highest BCUT2D eigenvalue weighted by Gasteiger charge is 2.20. The average molecular weight is 299 g/mol. The number of hydrogen-bond donors (Lipinski definition) is 1. The second-order valence-electron chi connectivity index (χ2n) is 6.00. The van der Waals surface area contributed by atoms with E-state index in [0.29, 0.717) is 18.2 Å². The van der Waals surface area contributed by atoms with Crippen molar-refractivity contribution >= 4 is 11.6 Å². The highest BCUT2D eigenvalue weighted by molar-refractivity contribution is 6.30. The van der Waals surface area contributed by atoms with Gasteiger partial charge in [0, 0.05) is 18.2 Å². The lowest BCUT2D eigenvalue weighted by molar-refractivity contribution is 0.172. The lowest BCUT2D eigenvalue weighted by Gasteiger charge is -2.32. The Morgan fingerprint density at radius 1 is 1.35 bits per heavy atom. The summed E-state index contributed by atoms with van der Waals surface area (Å²) in [6.07, 6.45) is 2.36. The fraction of sp³-hybridized carbons (Fsp3) is 0.625. The van der Waals surface area contributed by atoms with Gasteiger partial charge >= 0.3 is 0 Å². The smallest absolute Gasteiger partial charge is 0.146 e. The zero-order valence-electron chi connectivity index (χ0n) is 12.3. The average Bonchev–Trinajstić information content (AvgIpc) is 2.43. The van der Waals surface area contributed by atoms with Crippen molar-refractivity contribution in [1.29, 1.82) is 0 Å². The first-order valence-corrected chi connectivity index (χ1v) is 7.82. The molecule has 20 heavy (non-hydrogen) atoms. The zero-order chi connectivity index (χ0) is 14.5. The second-order valence-corrected chi connectivity index (χ2v) is 6.40. The van der Waals surface area contributed by atoms with E-state index in [1.807, 2.05) is 12.1 Å². The Bertz CT molecular complexity index is 428. The molecule has 1 heterocycles. The second kappa shape index (κ2) is 7.39. The summed E-state index contributed by atoms with van der Waals surface area (Å²) in [5.74, 6) is 0.482. The monoisotopic (exact) mass is 298 g/mol. The summed E-state index contributed by atoms with van der Waals surface area (Å²) in [5, 5.41) is 3.72. The first-order chi connectivity index (χ1) is 9.56. The van der Waals surface area contributed by atoms with Crippen molar-refractivity contribution in [2.24, 2.45) is 5.92 Å². The summed E-state index contributed by atoms with van der Waals surface area (Å²) in [4.78, 5) is 2.32. The summed E-state index contributed by atoms with van der Waals surface area (Å²) in [6, 6.07) is 5.80. The largest absolute Gasteiger partial charge is 0.314 e. The molecule has 0 saturated carbocycles. The Hall–Kier alpha value is -0.640. The van der Waals surface area contributed by atoms with E-state index in [-0.39, 0.29) is 10.8 Å². The van der Waals surface area contributed by atoms with Crippen LogP contribution in [0, 0.1) is 11.7 Å². The normalized spacial score (nSPS) is 17.9. The number of likely N-dealkylation sites (tertiary alicyclic amines) is 1. The van der Waals surface area contributed by atoms with E-state index in [0.717, 1.165) is 25.6 Å². The third-order valence-corrected chi connectivity index (χ3v) is 4.24. The van der Waals surface area contributed by atoms with Crippen LogP contribution in [0.3, 0.4) is 0 Å². The number of rotatable bonds is 5. The third-order valence-electron chi connectivity index (χ3n) is 3.95. The van der Waals surface area contributed by atoms with Crippen LogP contribution in [0.1, 0.15) is 32.3 Å². The van der Waals surface area contributed by atoms with Gasteiger partial charge in [0.15, 0.2) is 0 Å². The van der Waals surface area contributed by atoms with Crippen LogP contribution in [0.5, 0.6) is 0 Å². The van der Waals surface area contributed by atoms with Crippen molar-refractivity contribution in [3.05, 3.63) is 34.6 Å². The molecule has 0 aromatic heterocycles.